The first-order valence-corrected chi connectivity index (χ1v) is 8.80. The summed E-state index contributed by atoms with van der Waals surface area (Å²) in [5, 5.41) is 4.72. The van der Waals surface area contributed by atoms with Gasteiger partial charge in [-0.2, -0.15) is 0 Å². The maximum Gasteiger partial charge on any atom is 0.230 e. The van der Waals surface area contributed by atoms with E-state index in [4.69, 9.17) is 9.47 Å². The lowest BCUT2D eigenvalue weighted by Crippen LogP contribution is -2.14. The SMILES string of the molecule is COc1ccc(OC)c(CC(=O)Nc2nc(-c3ccc(F)c(F)c3)cs2)c1. The van der Waals surface area contributed by atoms with Crippen molar-refractivity contribution in [2.24, 2.45) is 0 Å². The summed E-state index contributed by atoms with van der Waals surface area (Å²) in [4.78, 5) is 16.6. The van der Waals surface area contributed by atoms with Crippen molar-refractivity contribution in [1.29, 1.82) is 0 Å². The first-order valence-electron chi connectivity index (χ1n) is 7.92. The molecule has 0 aliphatic heterocycles. The number of nitrogens with zero attached hydrogens (tertiary/aromatic N) is 1. The van der Waals surface area contributed by atoms with E-state index in [9.17, 15) is 13.6 Å². The molecule has 0 saturated carbocycles. The molecule has 0 radical (unpaired) electrons. The van der Waals surface area contributed by atoms with Crippen LogP contribution in [0.3, 0.4) is 0 Å². The normalized spacial score (nSPS) is 10.5. The number of hydrogen-bond donors (Lipinski definition) is 1. The summed E-state index contributed by atoms with van der Waals surface area (Å²) in [7, 11) is 3.07. The molecule has 1 N–H and O–H groups in total. The number of nitrogens with one attached hydrogen (secondary N) is 1. The Bertz CT molecular complexity index is 975. The smallest absolute Gasteiger partial charge is 0.230 e. The Morgan fingerprint density at radius 1 is 1.11 bits per heavy atom. The third-order valence-corrected chi connectivity index (χ3v) is 4.56. The number of hydrogen-bond acceptors (Lipinski definition) is 5. The van der Waals surface area contributed by atoms with Crippen LogP contribution in [-0.2, 0) is 11.2 Å². The van der Waals surface area contributed by atoms with E-state index in [1.165, 1.54) is 24.5 Å². The molecule has 3 rings (SSSR count). The number of rotatable bonds is 6. The van der Waals surface area contributed by atoms with E-state index in [1.54, 1.807) is 30.7 Å². The first kappa shape index (κ1) is 18.8. The number of aromatic nitrogens is 1. The Morgan fingerprint density at radius 2 is 1.93 bits per heavy atom. The average Bonchev–Trinajstić information content (AvgIpc) is 3.12. The highest BCUT2D eigenvalue weighted by molar-refractivity contribution is 7.14. The van der Waals surface area contributed by atoms with Crippen molar-refractivity contribution < 1.29 is 23.0 Å². The van der Waals surface area contributed by atoms with E-state index in [-0.39, 0.29) is 12.3 Å². The van der Waals surface area contributed by atoms with Gasteiger partial charge in [0.2, 0.25) is 5.91 Å². The molecule has 0 spiro atoms. The van der Waals surface area contributed by atoms with Gasteiger partial charge in [0, 0.05) is 16.5 Å². The van der Waals surface area contributed by atoms with Crippen molar-refractivity contribution >= 4 is 22.4 Å². The molecule has 2 aromatic carbocycles. The molecule has 1 amide bonds. The fourth-order valence-electron chi connectivity index (χ4n) is 2.48. The third kappa shape index (κ3) is 4.40. The highest BCUT2D eigenvalue weighted by Crippen LogP contribution is 2.27. The number of thiazole rings is 1. The molecule has 0 aliphatic rings. The van der Waals surface area contributed by atoms with Gasteiger partial charge in [-0.1, -0.05) is 0 Å². The average molecular weight is 390 g/mol. The third-order valence-electron chi connectivity index (χ3n) is 3.80. The van der Waals surface area contributed by atoms with Crippen LogP contribution >= 0.6 is 11.3 Å². The Hall–Kier alpha value is -3.00. The predicted octanol–water partition coefficient (Wildman–Crippen LogP) is 4.29. The molecule has 0 bridgehead atoms. The number of methoxy groups -OCH3 is 2. The second-order valence-corrected chi connectivity index (χ2v) is 6.43. The van der Waals surface area contributed by atoms with Crippen molar-refractivity contribution in [3.63, 3.8) is 0 Å². The first-order chi connectivity index (χ1) is 13.0. The summed E-state index contributed by atoms with van der Waals surface area (Å²) in [6.45, 7) is 0. The van der Waals surface area contributed by atoms with Gasteiger partial charge >= 0.3 is 0 Å². The number of amides is 1. The van der Waals surface area contributed by atoms with Crippen molar-refractivity contribution in [3.05, 3.63) is 59.0 Å². The summed E-state index contributed by atoms with van der Waals surface area (Å²) in [6, 6.07) is 8.74. The zero-order valence-electron chi connectivity index (χ0n) is 14.6. The van der Waals surface area contributed by atoms with E-state index >= 15 is 0 Å². The van der Waals surface area contributed by atoms with E-state index in [2.05, 4.69) is 10.3 Å². The molecule has 0 atom stereocenters. The van der Waals surface area contributed by atoms with Gasteiger partial charge in [-0.3, -0.25) is 4.79 Å². The lowest BCUT2D eigenvalue weighted by atomic mass is 10.1. The minimum atomic E-state index is -0.948. The Labute approximate surface area is 158 Å². The van der Waals surface area contributed by atoms with Crippen molar-refractivity contribution in [3.8, 4) is 22.8 Å². The molecular weight excluding hydrogens is 374 g/mol. The fourth-order valence-corrected chi connectivity index (χ4v) is 3.21. The van der Waals surface area contributed by atoms with Gasteiger partial charge in [-0.15, -0.1) is 11.3 Å². The molecule has 3 aromatic rings. The number of carbonyl (C=O) groups is 1. The van der Waals surface area contributed by atoms with Crippen LogP contribution in [0.5, 0.6) is 11.5 Å². The van der Waals surface area contributed by atoms with Gasteiger partial charge in [0.05, 0.1) is 26.3 Å². The summed E-state index contributed by atoms with van der Waals surface area (Å²) in [5.74, 6) is -0.959. The van der Waals surface area contributed by atoms with Crippen molar-refractivity contribution in [1.82, 2.24) is 4.98 Å². The largest absolute Gasteiger partial charge is 0.497 e. The van der Waals surface area contributed by atoms with Crippen LogP contribution in [0.4, 0.5) is 13.9 Å². The van der Waals surface area contributed by atoms with Crippen LogP contribution in [-0.4, -0.2) is 25.1 Å². The molecule has 0 aliphatic carbocycles. The quantitative estimate of drug-likeness (QED) is 0.682. The second-order valence-electron chi connectivity index (χ2n) is 5.57. The van der Waals surface area contributed by atoms with Crippen LogP contribution in [0.2, 0.25) is 0 Å². The molecule has 0 saturated heterocycles. The minimum Gasteiger partial charge on any atom is -0.497 e. The zero-order valence-corrected chi connectivity index (χ0v) is 15.4. The molecule has 0 unspecified atom stereocenters. The number of halogens is 2. The lowest BCUT2D eigenvalue weighted by molar-refractivity contribution is -0.115. The van der Waals surface area contributed by atoms with Gasteiger partial charge in [0.15, 0.2) is 16.8 Å². The molecular formula is C19H16F2N2O3S. The fraction of sp³-hybridized carbons (Fsp3) is 0.158. The number of benzene rings is 2. The topological polar surface area (TPSA) is 60.5 Å². The summed E-state index contributed by atoms with van der Waals surface area (Å²) in [6.07, 6.45) is 0.0699. The summed E-state index contributed by atoms with van der Waals surface area (Å²) >= 11 is 1.20. The van der Waals surface area contributed by atoms with Crippen LogP contribution < -0.4 is 14.8 Å². The molecule has 5 nitrogen and oxygen atoms in total. The van der Waals surface area contributed by atoms with Crippen molar-refractivity contribution in [2.75, 3.05) is 19.5 Å². The van der Waals surface area contributed by atoms with Gasteiger partial charge < -0.3 is 14.8 Å². The zero-order chi connectivity index (χ0) is 19.4. The van der Waals surface area contributed by atoms with Gasteiger partial charge in [-0.05, 0) is 36.4 Å². The number of ether oxygens (including phenoxy) is 2. The van der Waals surface area contributed by atoms with Gasteiger partial charge in [-0.25, -0.2) is 13.8 Å². The van der Waals surface area contributed by atoms with Crippen LogP contribution in [0.25, 0.3) is 11.3 Å². The maximum atomic E-state index is 13.4. The highest BCUT2D eigenvalue weighted by Gasteiger charge is 2.13. The second kappa shape index (κ2) is 8.13. The van der Waals surface area contributed by atoms with Crippen LogP contribution in [0, 0.1) is 11.6 Å². The molecule has 8 heteroatoms. The summed E-state index contributed by atoms with van der Waals surface area (Å²) in [5.41, 5.74) is 1.56. The maximum absolute atomic E-state index is 13.4. The van der Waals surface area contributed by atoms with Crippen molar-refractivity contribution in [2.45, 2.75) is 6.42 Å². The van der Waals surface area contributed by atoms with Gasteiger partial charge in [0.25, 0.3) is 0 Å². The molecule has 1 heterocycles. The monoisotopic (exact) mass is 390 g/mol. The summed E-state index contributed by atoms with van der Waals surface area (Å²) < 4.78 is 36.8. The van der Waals surface area contributed by atoms with E-state index in [0.29, 0.717) is 33.5 Å². The lowest BCUT2D eigenvalue weighted by Gasteiger charge is -2.10. The molecule has 140 valence electrons. The Kier molecular flexibility index (Phi) is 5.66. The Balaban J connectivity index is 1.72. The highest BCUT2D eigenvalue weighted by atomic mass is 32.1. The van der Waals surface area contributed by atoms with Gasteiger partial charge in [0.1, 0.15) is 11.5 Å². The molecule has 0 fully saturated rings. The molecule has 27 heavy (non-hydrogen) atoms. The number of carbonyl (C=O) groups excluding carboxylic acids is 1. The van der Waals surface area contributed by atoms with Crippen LogP contribution in [0.1, 0.15) is 5.56 Å². The standard InChI is InChI=1S/C19H16F2N2O3S/c1-25-13-4-6-17(26-2)12(7-13)9-18(24)23-19-22-16(10-27-19)11-3-5-14(20)15(21)8-11/h3-8,10H,9H2,1-2H3,(H,22,23,24). The van der Waals surface area contributed by atoms with E-state index < -0.39 is 11.6 Å². The minimum absolute atomic E-state index is 0.0699. The van der Waals surface area contributed by atoms with E-state index in [1.807, 2.05) is 0 Å². The Morgan fingerprint density at radius 3 is 2.63 bits per heavy atom. The predicted molar refractivity (Wildman–Crippen MR) is 99.3 cm³/mol. The molecule has 1 aromatic heterocycles. The van der Waals surface area contributed by atoms with E-state index in [0.717, 1.165) is 12.1 Å². The van der Waals surface area contributed by atoms with Crippen LogP contribution in [0.15, 0.2) is 41.8 Å². The number of anilines is 1.